The minimum Gasteiger partial charge on any atom is -0.484 e. The highest BCUT2D eigenvalue weighted by Gasteiger charge is 2.34. The highest BCUT2D eigenvalue weighted by Crippen LogP contribution is 2.32. The van der Waals surface area contributed by atoms with E-state index in [-0.39, 0.29) is 36.1 Å². The molecule has 0 saturated carbocycles. The zero-order chi connectivity index (χ0) is 22.5. The summed E-state index contributed by atoms with van der Waals surface area (Å²) in [6, 6.07) is 19.4. The topological polar surface area (TPSA) is 75.7 Å². The number of carbonyl (C=O) groups excluding carboxylic acids is 3. The number of amides is 3. The zero-order valence-electron chi connectivity index (χ0n) is 16.9. The predicted octanol–water partition coefficient (Wildman–Crippen LogP) is 4.21. The van der Waals surface area contributed by atoms with Crippen LogP contribution in [0.2, 0.25) is 0 Å². The van der Waals surface area contributed by atoms with Crippen LogP contribution in [0.5, 0.6) is 5.75 Å². The molecular formula is C24H19FN2O4S. The second-order valence-corrected chi connectivity index (χ2v) is 8.00. The van der Waals surface area contributed by atoms with Crippen molar-refractivity contribution in [3.8, 4) is 5.75 Å². The van der Waals surface area contributed by atoms with Gasteiger partial charge >= 0.3 is 0 Å². The molecule has 0 aromatic heterocycles. The number of carbonyl (C=O) groups is 3. The van der Waals surface area contributed by atoms with Gasteiger partial charge in [0.05, 0.1) is 4.91 Å². The van der Waals surface area contributed by atoms with Gasteiger partial charge in [0.25, 0.3) is 17.1 Å². The van der Waals surface area contributed by atoms with Crippen LogP contribution in [0.4, 0.5) is 9.18 Å². The fourth-order valence-electron chi connectivity index (χ4n) is 3.19. The van der Waals surface area contributed by atoms with Crippen molar-refractivity contribution in [3.63, 3.8) is 0 Å². The number of nitrogens with one attached hydrogen (secondary N) is 1. The maximum atomic E-state index is 13.8. The summed E-state index contributed by atoms with van der Waals surface area (Å²) >= 11 is 0.747. The number of fused-ring (bicyclic) bond motifs is 1. The van der Waals surface area contributed by atoms with Gasteiger partial charge in [-0.15, -0.1) is 0 Å². The Hall–Kier alpha value is -3.65. The summed E-state index contributed by atoms with van der Waals surface area (Å²) in [5, 5.41) is 4.26. The number of halogens is 1. The average Bonchev–Trinajstić information content (AvgIpc) is 3.06. The van der Waals surface area contributed by atoms with E-state index < -0.39 is 17.0 Å². The van der Waals surface area contributed by atoms with Crippen LogP contribution in [-0.2, 0) is 9.59 Å². The molecule has 3 aromatic carbocycles. The summed E-state index contributed by atoms with van der Waals surface area (Å²) in [4.78, 5) is 37.9. The summed E-state index contributed by atoms with van der Waals surface area (Å²) < 4.78 is 19.3. The highest BCUT2D eigenvalue weighted by atomic mass is 32.2. The van der Waals surface area contributed by atoms with E-state index in [9.17, 15) is 18.8 Å². The fourth-order valence-corrected chi connectivity index (χ4v) is 4.05. The Kier molecular flexibility index (Phi) is 6.51. The molecule has 32 heavy (non-hydrogen) atoms. The Bertz CT molecular complexity index is 1230. The van der Waals surface area contributed by atoms with Crippen LogP contribution in [0, 0.1) is 5.82 Å². The number of hydrogen-bond acceptors (Lipinski definition) is 5. The van der Waals surface area contributed by atoms with E-state index in [2.05, 4.69) is 5.32 Å². The molecule has 1 aliphatic heterocycles. The molecule has 1 aliphatic rings. The number of imide groups is 1. The van der Waals surface area contributed by atoms with Crippen molar-refractivity contribution in [2.24, 2.45) is 0 Å². The number of benzene rings is 3. The zero-order valence-corrected chi connectivity index (χ0v) is 17.7. The van der Waals surface area contributed by atoms with Gasteiger partial charge in [-0.05, 0) is 46.8 Å². The Morgan fingerprint density at radius 3 is 2.59 bits per heavy atom. The standard InChI is InChI=1S/C24H19FN2O4S/c25-20-8-4-3-7-18(20)14-21-23(29)27(24(30)32-21)12-11-26-22(28)15-31-19-10-9-16-5-1-2-6-17(16)13-19/h1-10,13-14H,11-12,15H2,(H,26,28)/b21-14-. The van der Waals surface area contributed by atoms with Crippen LogP contribution >= 0.6 is 11.8 Å². The van der Waals surface area contributed by atoms with E-state index >= 15 is 0 Å². The number of ether oxygens (including phenoxy) is 1. The number of rotatable bonds is 7. The third kappa shape index (κ3) is 4.97. The quantitative estimate of drug-likeness (QED) is 0.546. The van der Waals surface area contributed by atoms with Gasteiger partial charge in [0.15, 0.2) is 6.61 Å². The molecule has 8 heteroatoms. The van der Waals surface area contributed by atoms with Gasteiger partial charge in [-0.1, -0.05) is 48.5 Å². The van der Waals surface area contributed by atoms with Crippen LogP contribution < -0.4 is 10.1 Å². The SMILES string of the molecule is O=C(COc1ccc2ccccc2c1)NCCN1C(=O)S/C(=C\c2ccccc2F)C1=O. The summed E-state index contributed by atoms with van der Waals surface area (Å²) in [6.45, 7) is -0.0840. The highest BCUT2D eigenvalue weighted by molar-refractivity contribution is 8.18. The molecule has 4 rings (SSSR count). The molecule has 0 aliphatic carbocycles. The first-order chi connectivity index (χ1) is 15.5. The molecule has 1 heterocycles. The van der Waals surface area contributed by atoms with Crippen molar-refractivity contribution >= 4 is 45.7 Å². The molecule has 1 N–H and O–H groups in total. The van der Waals surface area contributed by atoms with Gasteiger partial charge in [-0.3, -0.25) is 19.3 Å². The first kappa shape index (κ1) is 21.6. The minimum atomic E-state index is -0.509. The van der Waals surface area contributed by atoms with Crippen molar-refractivity contribution in [2.75, 3.05) is 19.7 Å². The summed E-state index contributed by atoms with van der Waals surface area (Å²) in [5.41, 5.74) is 0.233. The second-order valence-electron chi connectivity index (χ2n) is 7.00. The normalized spacial score (nSPS) is 14.9. The largest absolute Gasteiger partial charge is 0.484 e. The lowest BCUT2D eigenvalue weighted by Crippen LogP contribution is -2.38. The molecule has 0 radical (unpaired) electrons. The van der Waals surface area contributed by atoms with Crippen molar-refractivity contribution < 1.29 is 23.5 Å². The second kappa shape index (κ2) is 9.65. The van der Waals surface area contributed by atoms with Crippen molar-refractivity contribution in [1.82, 2.24) is 10.2 Å². The molecule has 1 fully saturated rings. The lowest BCUT2D eigenvalue weighted by molar-refractivity contribution is -0.125. The number of thioether (sulfide) groups is 1. The smallest absolute Gasteiger partial charge is 0.293 e. The van der Waals surface area contributed by atoms with Gasteiger partial charge < -0.3 is 10.1 Å². The third-order valence-electron chi connectivity index (χ3n) is 4.81. The summed E-state index contributed by atoms with van der Waals surface area (Å²) in [7, 11) is 0. The van der Waals surface area contributed by atoms with Gasteiger partial charge in [0, 0.05) is 18.7 Å². The van der Waals surface area contributed by atoms with E-state index in [1.807, 2.05) is 36.4 Å². The van der Waals surface area contributed by atoms with Gasteiger partial charge in [-0.25, -0.2) is 4.39 Å². The monoisotopic (exact) mass is 450 g/mol. The lowest BCUT2D eigenvalue weighted by Gasteiger charge is -2.13. The third-order valence-corrected chi connectivity index (χ3v) is 5.72. The average molecular weight is 450 g/mol. The molecular weight excluding hydrogens is 431 g/mol. The minimum absolute atomic E-state index is 0.0149. The van der Waals surface area contributed by atoms with Gasteiger partial charge in [0.2, 0.25) is 0 Å². The number of nitrogens with zero attached hydrogens (tertiary/aromatic N) is 1. The Balaban J connectivity index is 1.27. The molecule has 0 spiro atoms. The van der Waals surface area contributed by atoms with E-state index in [0.29, 0.717) is 5.75 Å². The van der Waals surface area contributed by atoms with E-state index in [4.69, 9.17) is 4.74 Å². The molecule has 0 bridgehead atoms. The van der Waals surface area contributed by atoms with Crippen LogP contribution in [0.15, 0.2) is 71.6 Å². The van der Waals surface area contributed by atoms with E-state index in [0.717, 1.165) is 27.4 Å². The molecule has 1 saturated heterocycles. The molecule has 3 aromatic rings. The molecule has 162 valence electrons. The predicted molar refractivity (Wildman–Crippen MR) is 122 cm³/mol. The van der Waals surface area contributed by atoms with E-state index in [1.165, 1.54) is 18.2 Å². The van der Waals surface area contributed by atoms with Crippen LogP contribution in [-0.4, -0.2) is 41.6 Å². The van der Waals surface area contributed by atoms with Crippen molar-refractivity contribution in [2.45, 2.75) is 0 Å². The van der Waals surface area contributed by atoms with Gasteiger partial charge in [0.1, 0.15) is 11.6 Å². The fraction of sp³-hybridized carbons (Fsp3) is 0.125. The lowest BCUT2D eigenvalue weighted by atomic mass is 10.1. The van der Waals surface area contributed by atoms with Gasteiger partial charge in [-0.2, -0.15) is 0 Å². The molecule has 6 nitrogen and oxygen atoms in total. The first-order valence-electron chi connectivity index (χ1n) is 9.89. The number of hydrogen-bond donors (Lipinski definition) is 1. The van der Waals surface area contributed by atoms with Crippen LogP contribution in [0.3, 0.4) is 0 Å². The molecule has 0 atom stereocenters. The van der Waals surface area contributed by atoms with Crippen molar-refractivity contribution in [3.05, 3.63) is 83.0 Å². The molecule has 3 amide bonds. The maximum Gasteiger partial charge on any atom is 0.293 e. The van der Waals surface area contributed by atoms with Crippen LogP contribution in [0.25, 0.3) is 16.8 Å². The summed E-state index contributed by atoms with van der Waals surface area (Å²) in [6.07, 6.45) is 1.36. The Morgan fingerprint density at radius 2 is 1.78 bits per heavy atom. The van der Waals surface area contributed by atoms with Crippen molar-refractivity contribution in [1.29, 1.82) is 0 Å². The van der Waals surface area contributed by atoms with E-state index in [1.54, 1.807) is 18.2 Å². The first-order valence-corrected chi connectivity index (χ1v) is 10.7. The maximum absolute atomic E-state index is 13.8. The summed E-state index contributed by atoms with van der Waals surface area (Å²) in [5.74, 6) is -0.780. The van der Waals surface area contributed by atoms with Crippen LogP contribution in [0.1, 0.15) is 5.56 Å². The Labute approximate surface area is 188 Å². The molecule has 0 unspecified atom stereocenters. The Morgan fingerprint density at radius 1 is 1.03 bits per heavy atom.